The molecular weight excluding hydrogens is 298 g/mol. The topological polar surface area (TPSA) is 56.9 Å². The quantitative estimate of drug-likeness (QED) is 0.625. The molecule has 0 aliphatic rings. The maximum Gasteiger partial charge on any atom is 0.332 e. The van der Waals surface area contributed by atoms with E-state index in [0.29, 0.717) is 22.7 Å². The second-order valence-electron chi connectivity index (χ2n) is 5.71. The number of fused-ring (bicyclic) bond motifs is 1. The first-order valence-corrected chi connectivity index (χ1v) is 8.18. The van der Waals surface area contributed by atoms with E-state index in [9.17, 15) is 9.59 Å². The molecule has 2 rings (SSSR count). The largest absolute Gasteiger partial charge is 0.332 e. The summed E-state index contributed by atoms with van der Waals surface area (Å²) in [5, 5.41) is 0.523. The Labute approximate surface area is 133 Å². The Hall–Kier alpha value is -1.82. The molecule has 0 saturated carbocycles. The summed E-state index contributed by atoms with van der Waals surface area (Å²) in [6.07, 6.45) is 4.43. The molecule has 118 valence electrons. The monoisotopic (exact) mass is 319 g/mol. The first-order valence-electron chi connectivity index (χ1n) is 7.19. The number of aromatic nitrogens is 3. The number of hydrogen-bond acceptors (Lipinski definition) is 4. The van der Waals surface area contributed by atoms with Gasteiger partial charge >= 0.3 is 5.69 Å². The van der Waals surface area contributed by atoms with E-state index in [4.69, 9.17) is 0 Å². The third kappa shape index (κ3) is 2.88. The molecule has 0 fully saturated rings. The van der Waals surface area contributed by atoms with Crippen LogP contribution in [0, 0.1) is 5.92 Å². The van der Waals surface area contributed by atoms with Crippen molar-refractivity contribution in [3.05, 3.63) is 45.3 Å². The summed E-state index contributed by atoms with van der Waals surface area (Å²) in [6.45, 7) is 8.00. The highest BCUT2D eigenvalue weighted by Gasteiger charge is 2.17. The number of pyridine rings is 1. The minimum Gasteiger partial charge on any atom is -0.280 e. The minimum atomic E-state index is -0.360. The van der Waals surface area contributed by atoms with Gasteiger partial charge in [0.05, 0.1) is 5.39 Å². The van der Waals surface area contributed by atoms with Crippen LogP contribution in [0.15, 0.2) is 33.3 Å². The Morgan fingerprint density at radius 2 is 2.00 bits per heavy atom. The number of aryl methyl sites for hydroxylation is 1. The fourth-order valence-electron chi connectivity index (χ4n) is 2.43. The third-order valence-corrected chi connectivity index (χ3v) is 4.63. The SMILES string of the molecule is C=CCSc1c(CC(C)C)cnc2c1c(=O)n(C)c(=O)n2C. The predicted molar refractivity (Wildman–Crippen MR) is 91.7 cm³/mol. The zero-order valence-electron chi connectivity index (χ0n) is 13.4. The van der Waals surface area contributed by atoms with Crippen molar-refractivity contribution >= 4 is 22.8 Å². The lowest BCUT2D eigenvalue weighted by molar-refractivity contribution is 0.638. The van der Waals surface area contributed by atoms with Gasteiger partial charge in [-0.25, -0.2) is 9.78 Å². The van der Waals surface area contributed by atoms with Crippen LogP contribution < -0.4 is 11.2 Å². The molecule has 0 bridgehead atoms. The van der Waals surface area contributed by atoms with E-state index in [2.05, 4.69) is 25.4 Å². The van der Waals surface area contributed by atoms with Crippen LogP contribution in [0.4, 0.5) is 0 Å². The summed E-state index contributed by atoms with van der Waals surface area (Å²) in [5.41, 5.74) is 0.835. The molecule has 2 aromatic heterocycles. The van der Waals surface area contributed by atoms with Gasteiger partial charge in [-0.15, -0.1) is 18.3 Å². The van der Waals surface area contributed by atoms with Crippen molar-refractivity contribution in [1.29, 1.82) is 0 Å². The number of thioether (sulfide) groups is 1. The highest BCUT2D eigenvalue weighted by Crippen LogP contribution is 2.29. The van der Waals surface area contributed by atoms with Crippen LogP contribution in [0.2, 0.25) is 0 Å². The van der Waals surface area contributed by atoms with E-state index < -0.39 is 0 Å². The van der Waals surface area contributed by atoms with Crippen molar-refractivity contribution in [1.82, 2.24) is 14.1 Å². The Bertz CT molecular complexity index is 834. The summed E-state index contributed by atoms with van der Waals surface area (Å²) >= 11 is 1.57. The molecule has 0 unspecified atom stereocenters. The second-order valence-corrected chi connectivity index (χ2v) is 6.74. The van der Waals surface area contributed by atoms with Crippen molar-refractivity contribution in [3.63, 3.8) is 0 Å². The lowest BCUT2D eigenvalue weighted by Crippen LogP contribution is -2.37. The highest BCUT2D eigenvalue weighted by molar-refractivity contribution is 7.99. The molecule has 2 aromatic rings. The lowest BCUT2D eigenvalue weighted by Gasteiger charge is -2.15. The van der Waals surface area contributed by atoms with Crippen LogP contribution in [0.5, 0.6) is 0 Å². The molecule has 0 aliphatic carbocycles. The van der Waals surface area contributed by atoms with Gasteiger partial charge in [0.2, 0.25) is 0 Å². The van der Waals surface area contributed by atoms with Gasteiger partial charge in [0.15, 0.2) is 0 Å². The van der Waals surface area contributed by atoms with Crippen LogP contribution in [0.1, 0.15) is 19.4 Å². The van der Waals surface area contributed by atoms with Gasteiger partial charge in [-0.05, 0) is 17.9 Å². The molecule has 0 atom stereocenters. The van der Waals surface area contributed by atoms with Crippen molar-refractivity contribution < 1.29 is 0 Å². The fourth-order valence-corrected chi connectivity index (χ4v) is 3.36. The van der Waals surface area contributed by atoms with E-state index in [1.165, 1.54) is 11.6 Å². The maximum atomic E-state index is 12.6. The standard InChI is InChI=1S/C16H21N3O2S/c1-6-7-22-13-11(8-10(2)3)9-17-14-12(13)15(20)19(5)16(21)18(14)4/h6,9-10H,1,7-8H2,2-5H3. The summed E-state index contributed by atoms with van der Waals surface area (Å²) in [5.74, 6) is 1.16. The Balaban J connectivity index is 2.88. The summed E-state index contributed by atoms with van der Waals surface area (Å²) in [6, 6.07) is 0. The van der Waals surface area contributed by atoms with E-state index in [1.54, 1.807) is 25.0 Å². The van der Waals surface area contributed by atoms with Gasteiger partial charge < -0.3 is 0 Å². The highest BCUT2D eigenvalue weighted by atomic mass is 32.2. The average Bonchev–Trinajstić information content (AvgIpc) is 2.48. The molecule has 0 saturated heterocycles. The summed E-state index contributed by atoms with van der Waals surface area (Å²) in [7, 11) is 3.14. The molecule has 6 heteroatoms. The number of hydrogen-bond donors (Lipinski definition) is 0. The zero-order chi connectivity index (χ0) is 16.4. The first-order chi connectivity index (χ1) is 10.4. The lowest BCUT2D eigenvalue weighted by atomic mass is 10.0. The van der Waals surface area contributed by atoms with E-state index in [0.717, 1.165) is 21.4 Å². The first kappa shape index (κ1) is 16.5. The Morgan fingerprint density at radius 3 is 2.59 bits per heavy atom. The van der Waals surface area contributed by atoms with E-state index in [-0.39, 0.29) is 11.2 Å². The summed E-state index contributed by atoms with van der Waals surface area (Å²) in [4.78, 5) is 29.9. The fraction of sp³-hybridized carbons (Fsp3) is 0.438. The number of rotatable bonds is 5. The van der Waals surface area contributed by atoms with Crippen molar-refractivity contribution in [3.8, 4) is 0 Å². The zero-order valence-corrected chi connectivity index (χ0v) is 14.2. The van der Waals surface area contributed by atoms with Crippen LogP contribution in [0.3, 0.4) is 0 Å². The molecule has 2 heterocycles. The summed E-state index contributed by atoms with van der Waals surface area (Å²) < 4.78 is 2.56. The molecule has 0 aliphatic heterocycles. The predicted octanol–water partition coefficient (Wildman–Crippen LogP) is 2.11. The molecule has 0 N–H and O–H groups in total. The molecule has 0 radical (unpaired) electrons. The van der Waals surface area contributed by atoms with Gasteiger partial charge in [-0.3, -0.25) is 13.9 Å². The average molecular weight is 319 g/mol. The smallest absolute Gasteiger partial charge is 0.280 e. The molecule has 0 spiro atoms. The van der Waals surface area contributed by atoms with Gasteiger partial charge in [-0.2, -0.15) is 0 Å². The third-order valence-electron chi connectivity index (χ3n) is 3.47. The van der Waals surface area contributed by atoms with Gasteiger partial charge in [0.25, 0.3) is 5.56 Å². The van der Waals surface area contributed by atoms with Crippen LogP contribution in [-0.2, 0) is 20.5 Å². The number of nitrogens with zero attached hydrogens (tertiary/aromatic N) is 3. The van der Waals surface area contributed by atoms with Crippen LogP contribution >= 0.6 is 11.8 Å². The van der Waals surface area contributed by atoms with Crippen molar-refractivity contribution in [2.45, 2.75) is 25.2 Å². The Kier molecular flexibility index (Phi) is 4.90. The van der Waals surface area contributed by atoms with Gasteiger partial charge in [0.1, 0.15) is 5.65 Å². The molecule has 22 heavy (non-hydrogen) atoms. The molecule has 5 nitrogen and oxygen atoms in total. The van der Waals surface area contributed by atoms with Gasteiger partial charge in [0, 0.05) is 30.9 Å². The normalized spacial score (nSPS) is 11.3. The van der Waals surface area contributed by atoms with Crippen molar-refractivity contribution in [2.75, 3.05) is 5.75 Å². The van der Waals surface area contributed by atoms with E-state index >= 15 is 0 Å². The van der Waals surface area contributed by atoms with Gasteiger partial charge in [-0.1, -0.05) is 19.9 Å². The minimum absolute atomic E-state index is 0.289. The second kappa shape index (κ2) is 6.52. The van der Waals surface area contributed by atoms with Crippen molar-refractivity contribution in [2.24, 2.45) is 20.0 Å². The molecule has 0 amide bonds. The Morgan fingerprint density at radius 1 is 1.32 bits per heavy atom. The van der Waals surface area contributed by atoms with E-state index in [1.807, 2.05) is 6.08 Å². The van der Waals surface area contributed by atoms with Crippen LogP contribution in [-0.4, -0.2) is 19.9 Å². The maximum absolute atomic E-state index is 12.6. The van der Waals surface area contributed by atoms with Crippen LogP contribution in [0.25, 0.3) is 11.0 Å². The molecular formula is C16H21N3O2S. The molecule has 0 aromatic carbocycles.